The van der Waals surface area contributed by atoms with E-state index in [1.165, 1.54) is 11.6 Å². The molecule has 1 fully saturated rings. The van der Waals surface area contributed by atoms with Crippen molar-refractivity contribution in [1.29, 1.82) is 0 Å². The molecule has 5 heteroatoms. The Balaban J connectivity index is 1.82. The van der Waals surface area contributed by atoms with Crippen LogP contribution in [0.15, 0.2) is 36.4 Å². The highest BCUT2D eigenvalue weighted by molar-refractivity contribution is 5.52. The number of para-hydroxylation sites is 1. The zero-order valence-corrected chi connectivity index (χ0v) is 11.9. The second-order valence-corrected chi connectivity index (χ2v) is 5.25. The number of nitrogen functional groups attached to an aromatic ring is 1. The van der Waals surface area contributed by atoms with Crippen LogP contribution < -0.4 is 15.4 Å². The van der Waals surface area contributed by atoms with Gasteiger partial charge < -0.3 is 15.4 Å². The molecule has 1 atom stereocenters. The highest BCUT2D eigenvalue weighted by Crippen LogP contribution is 2.35. The maximum atomic E-state index is 13.4. The largest absolute Gasteiger partial charge is 0.496 e. The van der Waals surface area contributed by atoms with Crippen LogP contribution in [0.3, 0.4) is 0 Å². The maximum absolute atomic E-state index is 13.4. The van der Waals surface area contributed by atoms with Gasteiger partial charge in [-0.05, 0) is 18.1 Å². The average Bonchev–Trinajstić information content (AvgIpc) is 2.96. The Bertz CT molecular complexity index is 627. The molecule has 0 saturated carbocycles. The number of methoxy groups -OCH3 is 1. The first-order chi connectivity index (χ1) is 10.2. The van der Waals surface area contributed by atoms with Crippen molar-refractivity contribution in [3.05, 3.63) is 47.9 Å². The van der Waals surface area contributed by atoms with E-state index in [2.05, 4.69) is 16.0 Å². The summed E-state index contributed by atoms with van der Waals surface area (Å²) in [5.41, 5.74) is 7.28. The third kappa shape index (κ3) is 2.77. The molecule has 1 saturated heterocycles. The summed E-state index contributed by atoms with van der Waals surface area (Å²) < 4.78 is 18.8. The van der Waals surface area contributed by atoms with Crippen molar-refractivity contribution < 1.29 is 9.13 Å². The van der Waals surface area contributed by atoms with Crippen LogP contribution in [0.2, 0.25) is 0 Å². The molecule has 1 unspecified atom stereocenters. The van der Waals surface area contributed by atoms with Crippen LogP contribution in [0.5, 0.6) is 5.75 Å². The molecule has 0 aliphatic carbocycles. The smallest absolute Gasteiger partial charge is 0.216 e. The predicted octanol–water partition coefficient (Wildman–Crippen LogP) is 2.81. The lowest BCUT2D eigenvalue weighted by Gasteiger charge is -2.19. The Morgan fingerprint density at radius 1 is 1.33 bits per heavy atom. The fourth-order valence-corrected chi connectivity index (χ4v) is 2.89. The third-order valence-corrected chi connectivity index (χ3v) is 3.89. The van der Waals surface area contributed by atoms with Crippen LogP contribution >= 0.6 is 0 Å². The summed E-state index contributed by atoms with van der Waals surface area (Å²) >= 11 is 0. The molecule has 0 radical (unpaired) electrons. The van der Waals surface area contributed by atoms with E-state index in [0.29, 0.717) is 17.4 Å². The van der Waals surface area contributed by atoms with Crippen molar-refractivity contribution in [2.24, 2.45) is 0 Å². The monoisotopic (exact) mass is 287 g/mol. The van der Waals surface area contributed by atoms with Gasteiger partial charge in [-0.15, -0.1) is 0 Å². The first kappa shape index (κ1) is 13.7. The summed E-state index contributed by atoms with van der Waals surface area (Å²) in [5, 5.41) is 0. The van der Waals surface area contributed by atoms with E-state index in [-0.39, 0.29) is 0 Å². The van der Waals surface area contributed by atoms with Gasteiger partial charge in [0.2, 0.25) is 5.95 Å². The van der Waals surface area contributed by atoms with Crippen molar-refractivity contribution in [2.75, 3.05) is 30.8 Å². The second kappa shape index (κ2) is 5.60. The molecule has 0 spiro atoms. The van der Waals surface area contributed by atoms with Crippen molar-refractivity contribution in [2.45, 2.75) is 12.3 Å². The maximum Gasteiger partial charge on any atom is 0.216 e. The standard InChI is InChI=1S/C16H18FN3O/c1-21-14-5-3-2-4-13(14)11-6-7-20(10-11)16-9-12(18)8-15(17)19-16/h2-5,8-9,11H,6-7,10H2,1H3,(H2,18,19). The van der Waals surface area contributed by atoms with E-state index in [0.717, 1.165) is 25.3 Å². The highest BCUT2D eigenvalue weighted by Gasteiger charge is 2.27. The number of hydrogen-bond acceptors (Lipinski definition) is 4. The average molecular weight is 287 g/mol. The van der Waals surface area contributed by atoms with Crippen LogP contribution in [0.25, 0.3) is 0 Å². The van der Waals surface area contributed by atoms with E-state index in [1.807, 2.05) is 18.2 Å². The van der Waals surface area contributed by atoms with E-state index in [1.54, 1.807) is 13.2 Å². The third-order valence-electron chi connectivity index (χ3n) is 3.89. The van der Waals surface area contributed by atoms with Crippen molar-refractivity contribution in [3.8, 4) is 5.75 Å². The molecule has 0 bridgehead atoms. The zero-order valence-electron chi connectivity index (χ0n) is 11.9. The van der Waals surface area contributed by atoms with Gasteiger partial charge in [0, 0.05) is 36.8 Å². The predicted molar refractivity (Wildman–Crippen MR) is 81.2 cm³/mol. The Morgan fingerprint density at radius 2 is 2.14 bits per heavy atom. The first-order valence-electron chi connectivity index (χ1n) is 6.98. The Kier molecular flexibility index (Phi) is 3.64. The summed E-state index contributed by atoms with van der Waals surface area (Å²) in [5.74, 6) is 1.32. The minimum Gasteiger partial charge on any atom is -0.496 e. The number of hydrogen-bond donors (Lipinski definition) is 1. The lowest BCUT2D eigenvalue weighted by Crippen LogP contribution is -2.21. The van der Waals surface area contributed by atoms with E-state index in [4.69, 9.17) is 10.5 Å². The fraction of sp³-hybridized carbons (Fsp3) is 0.312. The normalized spacial score (nSPS) is 18.0. The lowest BCUT2D eigenvalue weighted by molar-refractivity contribution is 0.406. The van der Waals surface area contributed by atoms with Crippen LogP contribution in [0.1, 0.15) is 17.9 Å². The lowest BCUT2D eigenvalue weighted by atomic mass is 9.97. The van der Waals surface area contributed by atoms with Gasteiger partial charge in [-0.2, -0.15) is 4.39 Å². The zero-order chi connectivity index (χ0) is 14.8. The molecule has 1 aromatic carbocycles. The number of benzene rings is 1. The first-order valence-corrected chi connectivity index (χ1v) is 6.98. The number of ether oxygens (including phenoxy) is 1. The number of pyridine rings is 1. The molecule has 1 aromatic heterocycles. The number of nitrogens with two attached hydrogens (primary N) is 1. The quantitative estimate of drug-likeness (QED) is 0.882. The minimum atomic E-state index is -0.536. The van der Waals surface area contributed by atoms with Crippen LogP contribution in [-0.2, 0) is 0 Å². The number of anilines is 2. The van der Waals surface area contributed by atoms with Crippen molar-refractivity contribution >= 4 is 11.5 Å². The Labute approximate surface area is 123 Å². The van der Waals surface area contributed by atoms with E-state index in [9.17, 15) is 4.39 Å². The summed E-state index contributed by atoms with van der Waals surface area (Å²) in [6, 6.07) is 11.0. The summed E-state index contributed by atoms with van der Waals surface area (Å²) in [6.07, 6.45) is 0.985. The van der Waals surface area contributed by atoms with Gasteiger partial charge in [-0.3, -0.25) is 0 Å². The van der Waals surface area contributed by atoms with Gasteiger partial charge in [0.25, 0.3) is 0 Å². The molecule has 0 amide bonds. The van der Waals surface area contributed by atoms with Crippen LogP contribution in [-0.4, -0.2) is 25.2 Å². The van der Waals surface area contributed by atoms with Crippen LogP contribution in [0.4, 0.5) is 15.9 Å². The molecular weight excluding hydrogens is 269 g/mol. The van der Waals surface area contributed by atoms with Crippen molar-refractivity contribution in [1.82, 2.24) is 4.98 Å². The number of rotatable bonds is 3. The van der Waals surface area contributed by atoms with E-state index < -0.39 is 5.95 Å². The molecular formula is C16H18FN3O. The molecule has 3 rings (SSSR count). The number of aromatic nitrogens is 1. The number of halogens is 1. The molecule has 1 aliphatic rings. The van der Waals surface area contributed by atoms with Gasteiger partial charge in [0.05, 0.1) is 7.11 Å². The second-order valence-electron chi connectivity index (χ2n) is 5.25. The summed E-state index contributed by atoms with van der Waals surface area (Å²) in [7, 11) is 1.68. The molecule has 1 aliphatic heterocycles. The number of nitrogens with zero attached hydrogens (tertiary/aromatic N) is 2. The summed E-state index contributed by atoms with van der Waals surface area (Å²) in [4.78, 5) is 6.00. The Hall–Kier alpha value is -2.30. The Morgan fingerprint density at radius 3 is 2.90 bits per heavy atom. The molecule has 2 aromatic rings. The fourth-order valence-electron chi connectivity index (χ4n) is 2.89. The molecule has 2 heterocycles. The van der Waals surface area contributed by atoms with Gasteiger partial charge in [-0.25, -0.2) is 4.98 Å². The van der Waals surface area contributed by atoms with Gasteiger partial charge in [0.15, 0.2) is 0 Å². The molecule has 2 N–H and O–H groups in total. The topological polar surface area (TPSA) is 51.4 Å². The molecule has 4 nitrogen and oxygen atoms in total. The minimum absolute atomic E-state index is 0.354. The van der Waals surface area contributed by atoms with Gasteiger partial charge in [-0.1, -0.05) is 18.2 Å². The van der Waals surface area contributed by atoms with Crippen molar-refractivity contribution in [3.63, 3.8) is 0 Å². The SMILES string of the molecule is COc1ccccc1C1CCN(c2cc(N)cc(F)n2)C1. The van der Waals surface area contributed by atoms with Crippen LogP contribution in [0, 0.1) is 5.95 Å². The summed E-state index contributed by atoms with van der Waals surface area (Å²) in [6.45, 7) is 1.62. The van der Waals surface area contributed by atoms with E-state index >= 15 is 0 Å². The molecule has 110 valence electrons. The van der Waals surface area contributed by atoms with Gasteiger partial charge in [0.1, 0.15) is 11.6 Å². The molecule has 21 heavy (non-hydrogen) atoms. The van der Waals surface area contributed by atoms with Gasteiger partial charge >= 0.3 is 0 Å². The highest BCUT2D eigenvalue weighted by atomic mass is 19.1.